The van der Waals surface area contributed by atoms with Gasteiger partial charge in [-0.3, -0.25) is 9.97 Å². The number of aryl methyl sites for hydroxylation is 1. The Labute approximate surface area is 191 Å². The lowest BCUT2D eigenvalue weighted by molar-refractivity contribution is 0.0598. The number of pyridine rings is 2. The van der Waals surface area contributed by atoms with E-state index in [9.17, 15) is 9.18 Å². The van der Waals surface area contributed by atoms with E-state index in [1.165, 1.54) is 13.4 Å². The topological polar surface area (TPSA) is 89.9 Å². The second-order valence-corrected chi connectivity index (χ2v) is 8.39. The third kappa shape index (κ3) is 4.50. The first-order valence-corrected chi connectivity index (χ1v) is 10.4. The number of carbonyl (C=O) groups excluding carboxylic acids is 1. The van der Waals surface area contributed by atoms with Crippen molar-refractivity contribution in [2.75, 3.05) is 19.0 Å². The average molecular weight is 445 g/mol. The Morgan fingerprint density at radius 3 is 2.64 bits per heavy atom. The summed E-state index contributed by atoms with van der Waals surface area (Å²) < 4.78 is 19.1. The molecule has 1 aromatic carbocycles. The number of nitrogens with one attached hydrogen (secondary N) is 1. The Kier molecular flexibility index (Phi) is 6.00. The predicted molar refractivity (Wildman–Crippen MR) is 125 cm³/mol. The van der Waals surface area contributed by atoms with Gasteiger partial charge in [0, 0.05) is 40.9 Å². The number of halogens is 1. The molecule has 1 N–H and O–H groups in total. The molecule has 4 aromatic rings. The van der Waals surface area contributed by atoms with Crippen LogP contribution >= 0.6 is 0 Å². The summed E-state index contributed by atoms with van der Waals surface area (Å²) in [5.74, 6) is -0.767. The summed E-state index contributed by atoms with van der Waals surface area (Å²) in [5.41, 5.74) is 3.50. The van der Waals surface area contributed by atoms with Crippen LogP contribution in [0.4, 0.5) is 10.2 Å². The van der Waals surface area contributed by atoms with Crippen molar-refractivity contribution in [1.29, 1.82) is 0 Å². The first-order valence-electron chi connectivity index (χ1n) is 10.4. The van der Waals surface area contributed by atoms with Gasteiger partial charge >= 0.3 is 5.97 Å². The fourth-order valence-electron chi connectivity index (χ4n) is 3.69. The highest BCUT2D eigenvalue weighted by Crippen LogP contribution is 2.32. The predicted octanol–water partition coefficient (Wildman–Crippen LogP) is 4.71. The summed E-state index contributed by atoms with van der Waals surface area (Å²) in [6.45, 7) is 6.54. The van der Waals surface area contributed by atoms with E-state index in [1.807, 2.05) is 45.0 Å². The van der Waals surface area contributed by atoms with E-state index in [1.54, 1.807) is 18.3 Å². The first-order chi connectivity index (χ1) is 15.8. The zero-order chi connectivity index (χ0) is 23.6. The van der Waals surface area contributed by atoms with E-state index in [4.69, 9.17) is 4.74 Å². The highest BCUT2D eigenvalue weighted by Gasteiger charge is 2.26. The molecule has 7 nitrogen and oxygen atoms in total. The minimum absolute atomic E-state index is 0.111. The Morgan fingerprint density at radius 2 is 1.91 bits per heavy atom. The van der Waals surface area contributed by atoms with Crippen molar-refractivity contribution < 1.29 is 13.9 Å². The quantitative estimate of drug-likeness (QED) is 0.430. The summed E-state index contributed by atoms with van der Waals surface area (Å²) in [5, 5.41) is 3.78. The molecular formula is C25H24FN5O2. The zero-order valence-electron chi connectivity index (χ0n) is 18.9. The molecule has 0 aliphatic carbocycles. The van der Waals surface area contributed by atoms with Crippen molar-refractivity contribution in [3.8, 4) is 11.3 Å². The molecule has 0 saturated carbocycles. The lowest BCUT2D eigenvalue weighted by atomic mass is 9.82. The van der Waals surface area contributed by atoms with Crippen LogP contribution in [0, 0.1) is 12.7 Å². The maximum absolute atomic E-state index is 14.4. The third-order valence-corrected chi connectivity index (χ3v) is 5.56. The summed E-state index contributed by atoms with van der Waals surface area (Å²) in [6.07, 6.45) is 4.36. The van der Waals surface area contributed by atoms with E-state index in [0.29, 0.717) is 23.3 Å². The standard InChI is InChI=1S/C25H24FN5O2/c1-15-8-9-16(11-27-15)20-10-21(31-14-30-20)29-13-25(2,3)18-7-5-6-17-22(24(32)33-4)19(26)12-28-23(17)18/h5-12,14H,13H2,1-4H3,(H,29,30,31). The van der Waals surface area contributed by atoms with E-state index < -0.39 is 17.2 Å². The van der Waals surface area contributed by atoms with Gasteiger partial charge in [-0.2, -0.15) is 0 Å². The second-order valence-electron chi connectivity index (χ2n) is 8.39. The van der Waals surface area contributed by atoms with Gasteiger partial charge in [0.2, 0.25) is 0 Å². The molecule has 0 atom stereocenters. The number of hydrogen-bond donors (Lipinski definition) is 1. The summed E-state index contributed by atoms with van der Waals surface area (Å²) in [4.78, 5) is 29.5. The summed E-state index contributed by atoms with van der Waals surface area (Å²) in [6, 6.07) is 11.2. The SMILES string of the molecule is COC(=O)c1c(F)cnc2c(C(C)(C)CNc3cc(-c4ccc(C)nc4)ncn3)cccc12. The maximum atomic E-state index is 14.4. The van der Waals surface area contributed by atoms with Crippen LogP contribution in [0.2, 0.25) is 0 Å². The normalized spacial score (nSPS) is 11.4. The van der Waals surface area contributed by atoms with Crippen LogP contribution in [-0.4, -0.2) is 39.6 Å². The van der Waals surface area contributed by atoms with Crippen molar-refractivity contribution in [1.82, 2.24) is 19.9 Å². The molecule has 0 amide bonds. The number of nitrogens with zero attached hydrogens (tertiary/aromatic N) is 4. The third-order valence-electron chi connectivity index (χ3n) is 5.56. The number of carbonyl (C=O) groups is 1. The molecule has 168 valence electrons. The number of anilines is 1. The smallest absolute Gasteiger partial charge is 0.341 e. The molecule has 0 saturated heterocycles. The highest BCUT2D eigenvalue weighted by molar-refractivity contribution is 6.04. The lowest BCUT2D eigenvalue weighted by Gasteiger charge is -2.27. The number of fused-ring (bicyclic) bond motifs is 1. The Bertz CT molecular complexity index is 1320. The Morgan fingerprint density at radius 1 is 1.09 bits per heavy atom. The molecule has 0 unspecified atom stereocenters. The van der Waals surface area contributed by atoms with Crippen molar-refractivity contribution in [3.63, 3.8) is 0 Å². The van der Waals surface area contributed by atoms with Crippen LogP contribution in [0.5, 0.6) is 0 Å². The lowest BCUT2D eigenvalue weighted by Crippen LogP contribution is -2.28. The average Bonchev–Trinajstić information content (AvgIpc) is 2.82. The number of esters is 1. The van der Waals surface area contributed by atoms with E-state index >= 15 is 0 Å². The van der Waals surface area contributed by atoms with Gasteiger partial charge in [0.05, 0.1) is 24.5 Å². The molecule has 0 spiro atoms. The molecule has 3 heterocycles. The van der Waals surface area contributed by atoms with Gasteiger partial charge in [-0.15, -0.1) is 0 Å². The van der Waals surface area contributed by atoms with Crippen LogP contribution in [0.15, 0.2) is 55.1 Å². The Balaban J connectivity index is 1.63. The molecule has 0 fully saturated rings. The number of benzene rings is 1. The number of aromatic nitrogens is 4. The number of hydrogen-bond acceptors (Lipinski definition) is 7. The van der Waals surface area contributed by atoms with Crippen molar-refractivity contribution in [2.24, 2.45) is 0 Å². The minimum Gasteiger partial charge on any atom is -0.465 e. The number of para-hydroxylation sites is 1. The molecule has 0 aliphatic rings. The summed E-state index contributed by atoms with van der Waals surface area (Å²) in [7, 11) is 1.23. The van der Waals surface area contributed by atoms with Gasteiger partial charge in [0.1, 0.15) is 17.7 Å². The van der Waals surface area contributed by atoms with Crippen LogP contribution in [-0.2, 0) is 10.2 Å². The molecule has 0 aliphatic heterocycles. The molecule has 8 heteroatoms. The van der Waals surface area contributed by atoms with Crippen molar-refractivity contribution >= 4 is 22.7 Å². The van der Waals surface area contributed by atoms with E-state index in [0.717, 1.165) is 28.7 Å². The largest absolute Gasteiger partial charge is 0.465 e. The minimum atomic E-state index is -0.730. The van der Waals surface area contributed by atoms with Crippen molar-refractivity contribution in [3.05, 3.63) is 77.8 Å². The molecule has 3 aromatic heterocycles. The number of rotatable bonds is 6. The molecule has 0 radical (unpaired) electrons. The molecular weight excluding hydrogens is 421 g/mol. The maximum Gasteiger partial charge on any atom is 0.341 e. The highest BCUT2D eigenvalue weighted by atomic mass is 19.1. The van der Waals surface area contributed by atoms with Gasteiger partial charge in [0.15, 0.2) is 5.82 Å². The zero-order valence-corrected chi connectivity index (χ0v) is 18.9. The second kappa shape index (κ2) is 8.90. The van der Waals surface area contributed by atoms with Crippen LogP contribution in [0.25, 0.3) is 22.2 Å². The molecule has 4 rings (SSSR count). The first kappa shape index (κ1) is 22.3. The van der Waals surface area contributed by atoms with Gasteiger partial charge < -0.3 is 10.1 Å². The number of methoxy groups -OCH3 is 1. The summed E-state index contributed by atoms with van der Waals surface area (Å²) >= 11 is 0. The van der Waals surface area contributed by atoms with Crippen LogP contribution in [0.1, 0.15) is 35.5 Å². The van der Waals surface area contributed by atoms with Crippen molar-refractivity contribution in [2.45, 2.75) is 26.2 Å². The van der Waals surface area contributed by atoms with Crippen LogP contribution < -0.4 is 5.32 Å². The van der Waals surface area contributed by atoms with Gasteiger partial charge in [-0.25, -0.2) is 19.2 Å². The van der Waals surface area contributed by atoms with Crippen LogP contribution in [0.3, 0.4) is 0 Å². The van der Waals surface area contributed by atoms with E-state index in [-0.39, 0.29) is 5.56 Å². The fraction of sp³-hybridized carbons (Fsp3) is 0.240. The monoisotopic (exact) mass is 445 g/mol. The van der Waals surface area contributed by atoms with Gasteiger partial charge in [0.25, 0.3) is 0 Å². The van der Waals surface area contributed by atoms with Gasteiger partial charge in [-0.05, 0) is 24.6 Å². The molecule has 33 heavy (non-hydrogen) atoms. The van der Waals surface area contributed by atoms with Gasteiger partial charge in [-0.1, -0.05) is 32.0 Å². The number of ether oxygens (including phenoxy) is 1. The molecule has 0 bridgehead atoms. The Hall–Kier alpha value is -3.94. The fourth-order valence-corrected chi connectivity index (χ4v) is 3.69. The van der Waals surface area contributed by atoms with E-state index in [2.05, 4.69) is 25.3 Å².